The zero-order valence-electron chi connectivity index (χ0n) is 83.5. The first-order valence-electron chi connectivity index (χ1n) is 53.4. The van der Waals surface area contributed by atoms with E-state index in [1.165, 1.54) is 195 Å². The normalized spacial score (nSPS) is 25.4. The summed E-state index contributed by atoms with van der Waals surface area (Å²) in [5, 5.41) is 39.8. The number of carbonyl (C=O) groups is 4. The number of likely N-dealkylation sites (tertiary alicyclic amines) is 4. The molecule has 734 valence electrons. The van der Waals surface area contributed by atoms with Crippen molar-refractivity contribution >= 4 is 35.7 Å². The minimum absolute atomic E-state index is 0.0367. The van der Waals surface area contributed by atoms with Gasteiger partial charge in [-0.1, -0.05) is 214 Å². The molecule has 5 saturated heterocycles. The number of nitrogens with zero attached hydrogens (tertiary/aromatic N) is 11. The maximum atomic E-state index is 13.5. The first-order valence-corrected chi connectivity index (χ1v) is 53.4. The number of likely N-dealkylation sites (N-methyl/N-ethyl adjacent to an activating group) is 1. The van der Waals surface area contributed by atoms with E-state index in [4.69, 9.17) is 0 Å². The van der Waals surface area contributed by atoms with Crippen molar-refractivity contribution in [3.8, 4) is 5.69 Å². The van der Waals surface area contributed by atoms with E-state index in [9.17, 15) is 24.3 Å². The van der Waals surface area contributed by atoms with Crippen molar-refractivity contribution in [2.75, 3.05) is 112 Å². The van der Waals surface area contributed by atoms with Crippen LogP contribution >= 0.6 is 0 Å². The van der Waals surface area contributed by atoms with Crippen molar-refractivity contribution < 1.29 is 24.3 Å². The van der Waals surface area contributed by atoms with Crippen LogP contribution in [0.4, 0.5) is 0 Å². The lowest BCUT2D eigenvalue weighted by Gasteiger charge is -2.61. The van der Waals surface area contributed by atoms with Crippen LogP contribution < -0.4 is 26.6 Å². The fourth-order valence-electron chi connectivity index (χ4n) is 23.5. The largest absolute Gasteiger partial charge is 0.395 e. The molecule has 7 heterocycles. The number of carbonyl (C=O) groups excluding carboxylic acids is 4. The van der Waals surface area contributed by atoms with E-state index in [-0.39, 0.29) is 17.6 Å². The number of hydrogen-bond donors (Lipinski definition) is 6. The molecule has 8 aliphatic carbocycles. The summed E-state index contributed by atoms with van der Waals surface area (Å²) in [6.07, 6.45) is 42.1. The minimum atomic E-state index is -0.506. The first-order chi connectivity index (χ1) is 66.8. The fourth-order valence-corrected chi connectivity index (χ4v) is 23.5. The van der Waals surface area contributed by atoms with Gasteiger partial charge >= 0.3 is 0 Å². The zero-order chi connectivity index (χ0) is 94.8. The molecule has 21 heteroatoms. The topological polar surface area (TPSA) is 217 Å². The Kier molecular flexibility index (Phi) is 34.4. The van der Waals surface area contributed by atoms with Crippen LogP contribution in [0.15, 0.2) is 200 Å². The van der Waals surface area contributed by atoms with Crippen LogP contribution in [-0.2, 0) is 23.1 Å². The lowest BCUT2D eigenvalue weighted by molar-refractivity contribution is -0.135. The summed E-state index contributed by atoms with van der Waals surface area (Å²) >= 11 is 0. The van der Waals surface area contributed by atoms with Gasteiger partial charge in [-0.3, -0.25) is 28.8 Å². The average Bonchev–Trinajstić information content (AvgIpc) is 1.34. The Hall–Kier alpha value is -9.13. The van der Waals surface area contributed by atoms with Crippen LogP contribution in [0.2, 0.25) is 0 Å². The molecular formula is C116H160N16O5. The molecule has 8 saturated carbocycles. The number of aromatic nitrogens is 5. The van der Waals surface area contributed by atoms with Gasteiger partial charge in [0, 0.05) is 164 Å². The van der Waals surface area contributed by atoms with E-state index in [1.54, 1.807) is 57.4 Å². The molecule has 6 N–H and O–H groups in total. The quantitative estimate of drug-likeness (QED) is 0.0157. The Balaban J connectivity index is 0.000000120. The second-order valence-electron chi connectivity index (χ2n) is 43.5. The van der Waals surface area contributed by atoms with Crippen molar-refractivity contribution in [2.24, 2.45) is 41.5 Å². The number of aliphatic hydroxyl groups is 1. The molecule has 2 spiro atoms. The van der Waals surface area contributed by atoms with Crippen molar-refractivity contribution in [1.29, 1.82) is 0 Å². The van der Waals surface area contributed by atoms with E-state index in [2.05, 4.69) is 260 Å². The number of aliphatic hydroxyl groups excluding tert-OH is 1. The number of amides is 3. The van der Waals surface area contributed by atoms with Crippen LogP contribution in [0.5, 0.6) is 0 Å². The first kappa shape index (κ1) is 99.4. The summed E-state index contributed by atoms with van der Waals surface area (Å²) in [5.74, 6) is 5.58. The summed E-state index contributed by atoms with van der Waals surface area (Å²) in [5.41, 5.74) is 15.9. The zero-order valence-corrected chi connectivity index (χ0v) is 83.5. The number of ketones is 1. The summed E-state index contributed by atoms with van der Waals surface area (Å²) in [6.45, 7) is 27.4. The molecule has 0 radical (unpaired) electrons. The van der Waals surface area contributed by atoms with Crippen LogP contribution in [-0.4, -0.2) is 249 Å². The van der Waals surface area contributed by atoms with Crippen LogP contribution in [0.1, 0.15) is 266 Å². The number of nitrogens with one attached hydrogen (secondary N) is 5. The van der Waals surface area contributed by atoms with Crippen LogP contribution in [0, 0.1) is 41.4 Å². The predicted molar refractivity (Wildman–Crippen MR) is 552 cm³/mol. The highest BCUT2D eigenvalue weighted by atomic mass is 16.3. The van der Waals surface area contributed by atoms with Gasteiger partial charge in [-0.2, -0.15) is 5.10 Å². The van der Waals surface area contributed by atoms with Gasteiger partial charge in [0.25, 0.3) is 5.91 Å². The summed E-state index contributed by atoms with van der Waals surface area (Å²) < 4.78 is 3.31. The summed E-state index contributed by atoms with van der Waals surface area (Å²) in [4.78, 5) is 64.9. The smallest absolute Gasteiger partial charge is 0.251 e. The molecule has 21 nitrogen and oxygen atoms in total. The number of Topliss-reactive ketones (excluding diaryl/α,β-unsaturated/α-hetero) is 1. The molecular weight excluding hydrogens is 1700 g/mol. The third kappa shape index (κ3) is 28.0. The molecule has 13 fully saturated rings. The van der Waals surface area contributed by atoms with Gasteiger partial charge in [-0.15, -0.1) is 5.10 Å². The Labute approximate surface area is 818 Å². The fraction of sp³-hybridized carbons (Fsp3) is 0.578. The van der Waals surface area contributed by atoms with Gasteiger partial charge in [0.2, 0.25) is 11.8 Å². The van der Waals surface area contributed by atoms with Crippen molar-refractivity contribution in [1.82, 2.24) is 80.8 Å². The number of aryl methyl sites for hydroxylation is 2. The van der Waals surface area contributed by atoms with Gasteiger partial charge < -0.3 is 56.2 Å². The predicted octanol–water partition coefficient (Wildman–Crippen LogP) is 17.5. The van der Waals surface area contributed by atoms with E-state index >= 15 is 0 Å². The number of benzene rings is 6. The highest BCUT2D eigenvalue weighted by Crippen LogP contribution is 2.54. The molecule has 137 heavy (non-hydrogen) atoms. The molecule has 5 aliphatic heterocycles. The number of piperidine rings is 2. The van der Waals surface area contributed by atoms with Crippen molar-refractivity contribution in [3.63, 3.8) is 0 Å². The lowest BCUT2D eigenvalue weighted by Crippen LogP contribution is -2.68. The second-order valence-corrected chi connectivity index (χ2v) is 43.5. The Morgan fingerprint density at radius 1 is 0.555 bits per heavy atom. The highest BCUT2D eigenvalue weighted by molar-refractivity contribution is 5.98. The number of unbranched alkanes of at least 4 members (excludes halogenated alkanes) is 1. The van der Waals surface area contributed by atoms with E-state index in [0.29, 0.717) is 109 Å². The van der Waals surface area contributed by atoms with E-state index in [0.717, 1.165) is 130 Å². The molecule has 13 aliphatic rings. The monoisotopic (exact) mass is 1860 g/mol. The molecule has 0 bridgehead atoms. The highest BCUT2D eigenvalue weighted by Gasteiger charge is 2.56. The lowest BCUT2D eigenvalue weighted by atomic mass is 9.60. The number of piperazine rings is 1. The van der Waals surface area contributed by atoms with Gasteiger partial charge in [-0.25, -0.2) is 4.68 Å². The Morgan fingerprint density at radius 3 is 1.72 bits per heavy atom. The van der Waals surface area contributed by atoms with E-state index in [1.807, 2.05) is 24.1 Å². The standard InChI is InChI=1S/C30H38N6O2.C23H34N2O.C22H33N3O.C22H32N2.C19H23N3O/c1-22-7-9-23(10-8-22)27-21-25(27)5-3-4-6-28(30(38)35-19-17-34(2)18-20-35)32-29(37)24-11-13-26(14-12-24)36-16-15-31-33-36;1-3-18(10-17-8-6-5-7-9-17)21-11-22(21)24-19-12-23(13-19)15-25(16-23)20(4-2)14-26;26-22(25-12-5-2-6-13-25)11-16-24-14-9-19(10-15-24)23-21-17-20(21)18-7-3-1-4-8-18;1-3-10-24-15-22(16-24)13-19(14-22)23-21-12-20(21)18(4-2)11-17-8-6-5-7-9-17;1-22-12-16(11-21-22)19(23)8-13-4-6-15(7-5-13)17-9-18(17)20-10-14-2-3-14/h7-16,25,27-28H,3-6,17-21H2,1-2H3,(H,32,37);5-10,19-22,24,26H,3-4,11-16H2,1-2H3;1,3-4,7-8,19-21,23H,2,5-6,9-17H2;5-9,11,19-21,23H,3-4,10,12-16H2,1-2H3;4-7,11-12,14,17-18,20H,2-3,8-10H2,1H3/b;18-10+;;18-11+;/t25-,27+,28+;20?,21-,22+;2*20-,21+;17-,18+/m10000/s1. The maximum Gasteiger partial charge on any atom is 0.251 e. The van der Waals surface area contributed by atoms with Crippen molar-refractivity contribution in [3.05, 3.63) is 250 Å². The third-order valence-electron chi connectivity index (χ3n) is 32.5. The summed E-state index contributed by atoms with van der Waals surface area (Å²) in [6, 6.07) is 62.0. The average molecular weight is 1860 g/mol. The number of hydrogen-bond acceptors (Lipinski definition) is 16. The Morgan fingerprint density at radius 2 is 1.14 bits per heavy atom. The second kappa shape index (κ2) is 47.4. The molecule has 8 aromatic rings. The van der Waals surface area contributed by atoms with Crippen LogP contribution in [0.3, 0.4) is 0 Å². The Bertz CT molecular complexity index is 5150. The van der Waals surface area contributed by atoms with Gasteiger partial charge in [0.15, 0.2) is 5.78 Å². The molecule has 12 atom stereocenters. The molecule has 1 unspecified atom stereocenters. The van der Waals surface area contributed by atoms with Crippen LogP contribution in [0.25, 0.3) is 17.8 Å². The minimum Gasteiger partial charge on any atom is -0.395 e. The molecule has 6 aromatic carbocycles. The van der Waals surface area contributed by atoms with Gasteiger partial charge in [0.05, 0.1) is 36.4 Å². The molecule has 3 amide bonds. The third-order valence-corrected chi connectivity index (χ3v) is 32.5. The van der Waals surface area contributed by atoms with Gasteiger partial charge in [-0.05, 0) is 279 Å². The SMILES string of the molecule is CC/C(=C\c1ccccc1)[C@@H]1C[C@H]1NC1CC2(C1)CN(C(CC)CO)C2.CCCN1CC2(CC(N[C@@H]3C[C@H]3/C(=C/c3ccccc3)CC)C2)C1.Cc1ccc([C@@H]2C[C@H]2CCCC[C@H](NC(=O)c2ccc(-n3ccnn3)cc2)C(=O)N2CCN(C)CC2)cc1.Cn1cc(C(=O)Cc2ccc([C@@H]3C[C@H]3NCC3CC3)cc2)cn1.O=C(CCN1CCC(N[C@@H]2C[C@H]2c2ccccc2)CC1)N1CCCCC1. The molecule has 2 aromatic heterocycles. The van der Waals surface area contributed by atoms with E-state index < -0.39 is 6.04 Å². The van der Waals surface area contributed by atoms with Crippen molar-refractivity contribution in [2.45, 2.75) is 274 Å². The maximum absolute atomic E-state index is 13.5. The summed E-state index contributed by atoms with van der Waals surface area (Å²) in [7, 11) is 3.90. The van der Waals surface area contributed by atoms with Gasteiger partial charge in [0.1, 0.15) is 6.04 Å². The molecule has 21 rings (SSSR count). The number of rotatable bonds is 38.